The van der Waals surface area contributed by atoms with Crippen LogP contribution in [0.4, 0.5) is 4.39 Å². The number of ether oxygens (including phenoxy) is 2. The molecule has 0 atom stereocenters. The van der Waals surface area contributed by atoms with Crippen LogP contribution in [0.15, 0.2) is 42.5 Å². The fourth-order valence-corrected chi connectivity index (χ4v) is 2.17. The van der Waals surface area contributed by atoms with Crippen LogP contribution >= 0.6 is 0 Å². The zero-order valence-corrected chi connectivity index (χ0v) is 14.4. The number of hydrogen-bond acceptors (Lipinski definition) is 4. The minimum Gasteiger partial charge on any atom is -0.494 e. The number of halogens is 1. The molecule has 0 aliphatic carbocycles. The number of hydrogen-bond donors (Lipinski definition) is 0. The molecule has 0 fully saturated rings. The molecule has 0 aliphatic heterocycles. The van der Waals surface area contributed by atoms with E-state index in [4.69, 9.17) is 9.47 Å². The molecule has 5 nitrogen and oxygen atoms in total. The van der Waals surface area contributed by atoms with E-state index in [0.717, 1.165) is 17.2 Å². The Morgan fingerprint density at radius 3 is 2.40 bits per heavy atom. The van der Waals surface area contributed by atoms with Crippen molar-refractivity contribution in [3.63, 3.8) is 0 Å². The van der Waals surface area contributed by atoms with Gasteiger partial charge in [0.05, 0.1) is 12.7 Å². The SMILES string of the molecule is COc1ccc(C(=O)OCC(=O)N(C)Cc2ccc(C)cc2)cc1F. The van der Waals surface area contributed by atoms with E-state index in [1.165, 1.54) is 24.1 Å². The van der Waals surface area contributed by atoms with Crippen molar-refractivity contribution >= 4 is 11.9 Å². The highest BCUT2D eigenvalue weighted by atomic mass is 19.1. The highest BCUT2D eigenvalue weighted by Crippen LogP contribution is 2.18. The lowest BCUT2D eigenvalue weighted by Crippen LogP contribution is -2.30. The van der Waals surface area contributed by atoms with E-state index < -0.39 is 18.4 Å². The fraction of sp³-hybridized carbons (Fsp3) is 0.263. The summed E-state index contributed by atoms with van der Waals surface area (Å²) in [5, 5.41) is 0. The average Bonchev–Trinajstić information content (AvgIpc) is 2.61. The normalized spacial score (nSPS) is 10.2. The average molecular weight is 345 g/mol. The van der Waals surface area contributed by atoms with E-state index in [1.54, 1.807) is 7.05 Å². The molecule has 1 amide bonds. The second kappa shape index (κ2) is 8.28. The van der Waals surface area contributed by atoms with Crippen LogP contribution in [0, 0.1) is 12.7 Å². The van der Waals surface area contributed by atoms with Crippen LogP contribution in [-0.4, -0.2) is 37.5 Å². The molecule has 0 radical (unpaired) electrons. The van der Waals surface area contributed by atoms with Crippen molar-refractivity contribution in [3.05, 3.63) is 65.0 Å². The first-order chi connectivity index (χ1) is 11.9. The van der Waals surface area contributed by atoms with Gasteiger partial charge in [0.25, 0.3) is 5.91 Å². The molecule has 0 saturated carbocycles. The molecule has 6 heteroatoms. The lowest BCUT2D eigenvalue weighted by molar-refractivity contribution is -0.133. The van der Waals surface area contributed by atoms with Crippen molar-refractivity contribution < 1.29 is 23.5 Å². The third-order valence-electron chi connectivity index (χ3n) is 3.68. The van der Waals surface area contributed by atoms with E-state index in [0.29, 0.717) is 6.54 Å². The predicted octanol–water partition coefficient (Wildman–Crippen LogP) is 2.96. The molecule has 0 heterocycles. The molecular weight excluding hydrogens is 325 g/mol. The fourth-order valence-electron chi connectivity index (χ4n) is 2.17. The highest BCUT2D eigenvalue weighted by molar-refractivity contribution is 5.91. The predicted molar refractivity (Wildman–Crippen MR) is 90.9 cm³/mol. The molecule has 0 aliphatic rings. The number of esters is 1. The summed E-state index contributed by atoms with van der Waals surface area (Å²) >= 11 is 0. The van der Waals surface area contributed by atoms with Gasteiger partial charge in [0, 0.05) is 13.6 Å². The number of amides is 1. The van der Waals surface area contributed by atoms with Crippen molar-refractivity contribution in [2.45, 2.75) is 13.5 Å². The molecule has 0 N–H and O–H groups in total. The first-order valence-corrected chi connectivity index (χ1v) is 7.71. The molecule has 0 unspecified atom stereocenters. The van der Waals surface area contributed by atoms with Gasteiger partial charge in [-0.1, -0.05) is 29.8 Å². The lowest BCUT2D eigenvalue weighted by Gasteiger charge is -2.17. The van der Waals surface area contributed by atoms with E-state index in [9.17, 15) is 14.0 Å². The maximum atomic E-state index is 13.6. The quantitative estimate of drug-likeness (QED) is 0.756. The minimum atomic E-state index is -0.765. The second-order valence-electron chi connectivity index (χ2n) is 5.66. The number of methoxy groups -OCH3 is 1. The second-order valence-corrected chi connectivity index (χ2v) is 5.66. The van der Waals surface area contributed by atoms with Crippen LogP contribution in [0.25, 0.3) is 0 Å². The van der Waals surface area contributed by atoms with Gasteiger partial charge in [-0.15, -0.1) is 0 Å². The van der Waals surface area contributed by atoms with Gasteiger partial charge in [0.15, 0.2) is 18.2 Å². The highest BCUT2D eigenvalue weighted by Gasteiger charge is 2.15. The Kier molecular flexibility index (Phi) is 6.11. The van der Waals surface area contributed by atoms with Gasteiger partial charge in [-0.3, -0.25) is 4.79 Å². The Hall–Kier alpha value is -2.89. The lowest BCUT2D eigenvalue weighted by atomic mass is 10.1. The number of carbonyl (C=O) groups is 2. The number of carbonyl (C=O) groups excluding carboxylic acids is 2. The van der Waals surface area contributed by atoms with Gasteiger partial charge < -0.3 is 14.4 Å². The Morgan fingerprint density at radius 2 is 1.80 bits per heavy atom. The van der Waals surface area contributed by atoms with Gasteiger partial charge in [-0.2, -0.15) is 0 Å². The van der Waals surface area contributed by atoms with E-state index >= 15 is 0 Å². The number of benzene rings is 2. The summed E-state index contributed by atoms with van der Waals surface area (Å²) in [6.07, 6.45) is 0. The van der Waals surface area contributed by atoms with Crippen molar-refractivity contribution in [1.29, 1.82) is 0 Å². The molecule has 0 spiro atoms. The standard InChI is InChI=1S/C19H20FNO4/c1-13-4-6-14(7-5-13)11-21(2)18(22)12-25-19(23)15-8-9-17(24-3)16(20)10-15/h4-10H,11-12H2,1-3H3. The molecule has 0 aromatic heterocycles. The molecule has 0 saturated heterocycles. The third kappa shape index (κ3) is 5.04. The minimum absolute atomic E-state index is 0.0206. The monoisotopic (exact) mass is 345 g/mol. The molecular formula is C19H20FNO4. The Morgan fingerprint density at radius 1 is 1.12 bits per heavy atom. The number of nitrogens with zero attached hydrogens (tertiary/aromatic N) is 1. The number of rotatable bonds is 6. The zero-order chi connectivity index (χ0) is 18.4. The Balaban J connectivity index is 1.89. The summed E-state index contributed by atoms with van der Waals surface area (Å²) in [5.41, 5.74) is 2.13. The topological polar surface area (TPSA) is 55.8 Å². The number of aryl methyl sites for hydroxylation is 1. The molecule has 132 valence electrons. The van der Waals surface area contributed by atoms with E-state index in [2.05, 4.69) is 0 Å². The first kappa shape index (κ1) is 18.4. The van der Waals surface area contributed by atoms with E-state index in [1.807, 2.05) is 31.2 Å². The summed E-state index contributed by atoms with van der Waals surface area (Å²) in [7, 11) is 2.96. The van der Waals surface area contributed by atoms with Gasteiger partial charge >= 0.3 is 5.97 Å². The van der Waals surface area contributed by atoms with Crippen molar-refractivity contribution in [3.8, 4) is 5.75 Å². The van der Waals surface area contributed by atoms with E-state index in [-0.39, 0.29) is 17.2 Å². The first-order valence-electron chi connectivity index (χ1n) is 7.71. The maximum Gasteiger partial charge on any atom is 0.338 e. The van der Waals surface area contributed by atoms with Gasteiger partial charge in [-0.25, -0.2) is 9.18 Å². The van der Waals surface area contributed by atoms with Crippen molar-refractivity contribution in [1.82, 2.24) is 4.90 Å². The molecule has 25 heavy (non-hydrogen) atoms. The van der Waals surface area contributed by atoms with Crippen LogP contribution in [-0.2, 0) is 16.1 Å². The summed E-state index contributed by atoms with van der Waals surface area (Å²) in [6.45, 7) is 1.99. The largest absolute Gasteiger partial charge is 0.494 e. The Labute approximate surface area is 146 Å². The zero-order valence-electron chi connectivity index (χ0n) is 14.4. The number of likely N-dealkylation sites (N-methyl/N-ethyl adjacent to an activating group) is 1. The van der Waals surface area contributed by atoms with Crippen molar-refractivity contribution in [2.75, 3.05) is 20.8 Å². The summed E-state index contributed by atoms with van der Waals surface area (Å²) in [4.78, 5) is 25.5. The summed E-state index contributed by atoms with van der Waals surface area (Å²) < 4.78 is 23.3. The summed E-state index contributed by atoms with van der Waals surface area (Å²) in [5.74, 6) is -1.74. The third-order valence-corrected chi connectivity index (χ3v) is 3.68. The summed E-state index contributed by atoms with van der Waals surface area (Å²) in [6, 6.07) is 11.5. The Bertz CT molecular complexity index is 759. The smallest absolute Gasteiger partial charge is 0.338 e. The van der Waals surface area contributed by atoms with Crippen molar-refractivity contribution in [2.24, 2.45) is 0 Å². The molecule has 0 bridgehead atoms. The van der Waals surface area contributed by atoms with Crippen LogP contribution in [0.2, 0.25) is 0 Å². The van der Waals surface area contributed by atoms with Crippen LogP contribution in [0.1, 0.15) is 21.5 Å². The van der Waals surface area contributed by atoms with Crippen LogP contribution < -0.4 is 4.74 Å². The van der Waals surface area contributed by atoms with Crippen LogP contribution in [0.5, 0.6) is 5.75 Å². The van der Waals surface area contributed by atoms with Gasteiger partial charge in [0.1, 0.15) is 0 Å². The maximum absolute atomic E-state index is 13.6. The van der Waals surface area contributed by atoms with Gasteiger partial charge in [-0.05, 0) is 30.7 Å². The molecule has 2 aromatic carbocycles. The van der Waals surface area contributed by atoms with Gasteiger partial charge in [0.2, 0.25) is 0 Å². The van der Waals surface area contributed by atoms with Crippen LogP contribution in [0.3, 0.4) is 0 Å². The molecule has 2 rings (SSSR count). The molecule has 2 aromatic rings.